The smallest absolute Gasteiger partial charge is 0.260 e. The number of ether oxygens (including phenoxy) is 2. The second kappa shape index (κ2) is 7.48. The van der Waals surface area contributed by atoms with Gasteiger partial charge in [0, 0.05) is 20.3 Å². The van der Waals surface area contributed by atoms with Gasteiger partial charge in [0.15, 0.2) is 6.10 Å². The van der Waals surface area contributed by atoms with Crippen molar-refractivity contribution in [2.24, 2.45) is 0 Å². The number of carbonyl (C=O) groups is 1. The van der Waals surface area contributed by atoms with Gasteiger partial charge in [0.2, 0.25) is 0 Å². The fourth-order valence-electron chi connectivity index (χ4n) is 1.45. The Balaban J connectivity index is 2.47. The molecule has 106 valence electrons. The van der Waals surface area contributed by atoms with Crippen molar-refractivity contribution in [1.82, 2.24) is 5.32 Å². The number of phenolic OH excluding ortho intramolecular Hbond substituents is 1. The number of phenols is 1. The molecule has 0 saturated heterocycles. The SMILES string of the molecule is COCCCNC(=O)C(C)Oc1cccc(O)c1N. The maximum Gasteiger partial charge on any atom is 0.260 e. The van der Waals surface area contributed by atoms with Crippen LogP contribution in [0.4, 0.5) is 5.69 Å². The first-order chi connectivity index (χ1) is 9.06. The van der Waals surface area contributed by atoms with Crippen LogP contribution in [-0.2, 0) is 9.53 Å². The Morgan fingerprint density at radius 2 is 2.26 bits per heavy atom. The van der Waals surface area contributed by atoms with E-state index < -0.39 is 6.10 Å². The third-order valence-electron chi connectivity index (χ3n) is 2.54. The van der Waals surface area contributed by atoms with Crippen LogP contribution in [0.2, 0.25) is 0 Å². The molecule has 0 spiro atoms. The molecule has 19 heavy (non-hydrogen) atoms. The molecule has 0 bridgehead atoms. The zero-order chi connectivity index (χ0) is 14.3. The van der Waals surface area contributed by atoms with E-state index in [4.69, 9.17) is 15.2 Å². The Bertz CT molecular complexity index is 423. The highest BCUT2D eigenvalue weighted by atomic mass is 16.5. The van der Waals surface area contributed by atoms with Gasteiger partial charge >= 0.3 is 0 Å². The number of aromatic hydroxyl groups is 1. The summed E-state index contributed by atoms with van der Waals surface area (Å²) < 4.78 is 10.3. The molecule has 0 aliphatic heterocycles. The van der Waals surface area contributed by atoms with Crippen molar-refractivity contribution in [2.75, 3.05) is 26.0 Å². The molecule has 4 N–H and O–H groups in total. The predicted octanol–water partition coefficient (Wildman–Crippen LogP) is 0.894. The number of nitrogen functional groups attached to an aromatic ring is 1. The summed E-state index contributed by atoms with van der Waals surface area (Å²) >= 11 is 0. The van der Waals surface area contributed by atoms with E-state index >= 15 is 0 Å². The first-order valence-corrected chi connectivity index (χ1v) is 6.07. The van der Waals surface area contributed by atoms with Gasteiger partial charge in [-0.2, -0.15) is 0 Å². The number of methoxy groups -OCH3 is 1. The lowest BCUT2D eigenvalue weighted by Gasteiger charge is -2.16. The minimum Gasteiger partial charge on any atom is -0.506 e. The third-order valence-corrected chi connectivity index (χ3v) is 2.54. The topological polar surface area (TPSA) is 93.8 Å². The Morgan fingerprint density at radius 3 is 2.95 bits per heavy atom. The molecule has 0 aromatic heterocycles. The Labute approximate surface area is 112 Å². The summed E-state index contributed by atoms with van der Waals surface area (Å²) in [5, 5.41) is 12.2. The molecule has 0 aliphatic carbocycles. The third kappa shape index (κ3) is 4.67. The van der Waals surface area contributed by atoms with E-state index in [1.807, 2.05) is 0 Å². The number of amides is 1. The van der Waals surface area contributed by atoms with Crippen LogP contribution in [0, 0.1) is 0 Å². The van der Waals surface area contributed by atoms with Gasteiger partial charge in [-0.05, 0) is 25.5 Å². The van der Waals surface area contributed by atoms with Crippen LogP contribution in [0.1, 0.15) is 13.3 Å². The largest absolute Gasteiger partial charge is 0.506 e. The molecule has 6 nitrogen and oxygen atoms in total. The quantitative estimate of drug-likeness (QED) is 0.388. The summed E-state index contributed by atoms with van der Waals surface area (Å²) in [5.41, 5.74) is 5.77. The van der Waals surface area contributed by atoms with Gasteiger partial charge < -0.3 is 25.6 Å². The van der Waals surface area contributed by atoms with E-state index in [2.05, 4.69) is 5.32 Å². The number of carbonyl (C=O) groups excluding carboxylic acids is 1. The van der Waals surface area contributed by atoms with Gasteiger partial charge in [-0.15, -0.1) is 0 Å². The highest BCUT2D eigenvalue weighted by Gasteiger charge is 2.16. The number of anilines is 1. The average molecular weight is 268 g/mol. The maximum absolute atomic E-state index is 11.7. The summed E-state index contributed by atoms with van der Waals surface area (Å²) in [6.07, 6.45) is 0.0510. The molecule has 0 fully saturated rings. The van der Waals surface area contributed by atoms with Gasteiger partial charge in [0.1, 0.15) is 17.2 Å². The van der Waals surface area contributed by atoms with Crippen molar-refractivity contribution in [3.63, 3.8) is 0 Å². The van der Waals surface area contributed by atoms with Crippen LogP contribution in [0.15, 0.2) is 18.2 Å². The molecular weight excluding hydrogens is 248 g/mol. The van der Waals surface area contributed by atoms with Crippen LogP contribution in [0.3, 0.4) is 0 Å². The highest BCUT2D eigenvalue weighted by molar-refractivity contribution is 5.81. The number of hydrogen-bond donors (Lipinski definition) is 3. The van der Waals surface area contributed by atoms with E-state index in [-0.39, 0.29) is 17.3 Å². The molecule has 1 amide bonds. The fourth-order valence-corrected chi connectivity index (χ4v) is 1.45. The minimum atomic E-state index is -0.688. The minimum absolute atomic E-state index is 0.0646. The Hall–Kier alpha value is -1.95. The molecule has 0 aliphatic rings. The van der Waals surface area contributed by atoms with Crippen molar-refractivity contribution >= 4 is 11.6 Å². The van der Waals surface area contributed by atoms with Crippen molar-refractivity contribution < 1.29 is 19.4 Å². The molecule has 1 unspecified atom stereocenters. The number of benzene rings is 1. The molecule has 1 atom stereocenters. The first-order valence-electron chi connectivity index (χ1n) is 6.07. The van der Waals surface area contributed by atoms with E-state index in [0.717, 1.165) is 6.42 Å². The zero-order valence-electron chi connectivity index (χ0n) is 11.2. The fraction of sp³-hybridized carbons (Fsp3) is 0.462. The van der Waals surface area contributed by atoms with E-state index in [0.29, 0.717) is 18.9 Å². The monoisotopic (exact) mass is 268 g/mol. The van der Waals surface area contributed by atoms with Crippen LogP contribution < -0.4 is 15.8 Å². The van der Waals surface area contributed by atoms with E-state index in [9.17, 15) is 9.90 Å². The summed E-state index contributed by atoms with van der Waals surface area (Å²) in [4.78, 5) is 11.7. The molecular formula is C13H20N2O4. The van der Waals surface area contributed by atoms with Gasteiger partial charge in [-0.3, -0.25) is 4.79 Å². The summed E-state index contributed by atoms with van der Waals surface area (Å²) in [6.45, 7) is 2.74. The zero-order valence-corrected chi connectivity index (χ0v) is 11.2. The standard InChI is InChI=1S/C13H20N2O4/c1-9(13(17)15-7-4-8-18-2)19-11-6-3-5-10(16)12(11)14/h3,5-6,9,16H,4,7-8,14H2,1-2H3,(H,15,17). The van der Waals surface area contributed by atoms with E-state index in [1.165, 1.54) is 6.07 Å². The highest BCUT2D eigenvalue weighted by Crippen LogP contribution is 2.30. The molecule has 0 radical (unpaired) electrons. The summed E-state index contributed by atoms with van der Waals surface area (Å²) in [6, 6.07) is 4.66. The Morgan fingerprint density at radius 1 is 1.53 bits per heavy atom. The average Bonchev–Trinajstić information content (AvgIpc) is 2.39. The molecule has 1 aromatic carbocycles. The maximum atomic E-state index is 11.7. The lowest BCUT2D eigenvalue weighted by molar-refractivity contribution is -0.127. The molecule has 0 saturated carbocycles. The molecule has 0 heterocycles. The van der Waals surface area contributed by atoms with Crippen molar-refractivity contribution in [1.29, 1.82) is 0 Å². The molecule has 6 heteroatoms. The van der Waals surface area contributed by atoms with Gasteiger partial charge in [-0.25, -0.2) is 0 Å². The van der Waals surface area contributed by atoms with Crippen molar-refractivity contribution in [2.45, 2.75) is 19.4 Å². The predicted molar refractivity (Wildman–Crippen MR) is 72.1 cm³/mol. The number of nitrogens with two attached hydrogens (primary N) is 1. The number of nitrogens with one attached hydrogen (secondary N) is 1. The lowest BCUT2D eigenvalue weighted by Crippen LogP contribution is -2.37. The van der Waals surface area contributed by atoms with Gasteiger partial charge in [0.25, 0.3) is 5.91 Å². The van der Waals surface area contributed by atoms with Crippen LogP contribution in [0.5, 0.6) is 11.5 Å². The second-order valence-corrected chi connectivity index (χ2v) is 4.09. The van der Waals surface area contributed by atoms with E-state index in [1.54, 1.807) is 26.2 Å². The van der Waals surface area contributed by atoms with Gasteiger partial charge in [-0.1, -0.05) is 6.07 Å². The van der Waals surface area contributed by atoms with Crippen molar-refractivity contribution in [3.8, 4) is 11.5 Å². The summed E-state index contributed by atoms with van der Waals surface area (Å²) in [7, 11) is 1.61. The first kappa shape index (κ1) is 15.1. The number of hydrogen-bond acceptors (Lipinski definition) is 5. The van der Waals surface area contributed by atoms with Gasteiger partial charge in [0.05, 0.1) is 0 Å². The number of rotatable bonds is 7. The number of para-hydroxylation sites is 1. The second-order valence-electron chi connectivity index (χ2n) is 4.09. The molecule has 1 aromatic rings. The Kier molecular flexibility index (Phi) is 5.95. The van der Waals surface area contributed by atoms with Crippen LogP contribution >= 0.6 is 0 Å². The van der Waals surface area contributed by atoms with Crippen LogP contribution in [0.25, 0.3) is 0 Å². The van der Waals surface area contributed by atoms with Crippen molar-refractivity contribution in [3.05, 3.63) is 18.2 Å². The lowest BCUT2D eigenvalue weighted by atomic mass is 10.2. The molecule has 1 rings (SSSR count). The van der Waals surface area contributed by atoms with Crippen LogP contribution in [-0.4, -0.2) is 37.4 Å². The summed E-state index contributed by atoms with van der Waals surface area (Å²) in [5.74, 6) is -0.0106. The normalized spacial score (nSPS) is 11.9.